The standard InChI is InChI=1S/C20H15FN4O4/c1-11-17(18(25-29-11)12-5-3-2-4-6-12)19-24-23-16(28-19)10-27-20(26)14-8-7-13(21)9-15(14)22/h2-9H,10,22H2,1H3. The Morgan fingerprint density at radius 1 is 1.17 bits per heavy atom. The summed E-state index contributed by atoms with van der Waals surface area (Å²) in [7, 11) is 0. The highest BCUT2D eigenvalue weighted by atomic mass is 19.1. The second kappa shape index (κ2) is 7.55. The number of hydrogen-bond acceptors (Lipinski definition) is 8. The molecule has 0 spiro atoms. The van der Waals surface area contributed by atoms with Crippen LogP contribution in [0.25, 0.3) is 22.7 Å². The predicted molar refractivity (Wildman–Crippen MR) is 99.9 cm³/mol. The Hall–Kier alpha value is -4.01. The van der Waals surface area contributed by atoms with E-state index in [-0.39, 0.29) is 29.6 Å². The average Bonchev–Trinajstić information content (AvgIpc) is 3.33. The van der Waals surface area contributed by atoms with E-state index in [4.69, 9.17) is 19.4 Å². The second-order valence-corrected chi connectivity index (χ2v) is 6.14. The SMILES string of the molecule is Cc1onc(-c2ccccc2)c1-c1nnc(COC(=O)c2ccc(F)cc2N)o1. The maximum atomic E-state index is 13.1. The lowest BCUT2D eigenvalue weighted by Gasteiger charge is -2.05. The van der Waals surface area contributed by atoms with Crippen LogP contribution in [0.15, 0.2) is 57.5 Å². The van der Waals surface area contributed by atoms with E-state index >= 15 is 0 Å². The van der Waals surface area contributed by atoms with Gasteiger partial charge >= 0.3 is 5.97 Å². The van der Waals surface area contributed by atoms with Gasteiger partial charge in [-0.05, 0) is 25.1 Å². The van der Waals surface area contributed by atoms with Gasteiger partial charge in [-0.3, -0.25) is 0 Å². The van der Waals surface area contributed by atoms with Gasteiger partial charge in [-0.15, -0.1) is 10.2 Å². The first-order valence-electron chi connectivity index (χ1n) is 8.59. The Balaban J connectivity index is 1.53. The van der Waals surface area contributed by atoms with Crippen molar-refractivity contribution < 1.29 is 22.9 Å². The van der Waals surface area contributed by atoms with E-state index in [2.05, 4.69) is 15.4 Å². The number of nitrogen functional groups attached to an aromatic ring is 1. The Bertz CT molecular complexity index is 1170. The number of aryl methyl sites for hydroxylation is 1. The Labute approximate surface area is 164 Å². The fourth-order valence-electron chi connectivity index (χ4n) is 2.75. The van der Waals surface area contributed by atoms with E-state index in [1.165, 1.54) is 6.07 Å². The zero-order chi connectivity index (χ0) is 20.4. The number of aromatic nitrogens is 3. The van der Waals surface area contributed by atoms with Crippen LogP contribution < -0.4 is 5.73 Å². The summed E-state index contributed by atoms with van der Waals surface area (Å²) < 4.78 is 29.1. The highest BCUT2D eigenvalue weighted by Crippen LogP contribution is 2.33. The smallest absolute Gasteiger partial charge is 0.340 e. The summed E-state index contributed by atoms with van der Waals surface area (Å²) in [6, 6.07) is 12.8. The van der Waals surface area contributed by atoms with Crippen molar-refractivity contribution in [2.24, 2.45) is 0 Å². The van der Waals surface area contributed by atoms with Gasteiger partial charge in [0.05, 0.1) is 5.56 Å². The lowest BCUT2D eigenvalue weighted by molar-refractivity contribution is 0.0440. The molecule has 0 saturated heterocycles. The molecule has 0 unspecified atom stereocenters. The van der Waals surface area contributed by atoms with Crippen molar-refractivity contribution in [3.63, 3.8) is 0 Å². The minimum atomic E-state index is -0.728. The number of nitrogens with two attached hydrogens (primary N) is 1. The van der Waals surface area contributed by atoms with Crippen LogP contribution in [-0.4, -0.2) is 21.3 Å². The van der Waals surface area contributed by atoms with E-state index in [1.807, 2.05) is 30.3 Å². The third kappa shape index (κ3) is 3.70. The molecule has 0 amide bonds. The minimum Gasteiger partial charge on any atom is -0.452 e. The lowest BCUT2D eigenvalue weighted by atomic mass is 10.1. The first kappa shape index (κ1) is 18.4. The lowest BCUT2D eigenvalue weighted by Crippen LogP contribution is -2.08. The fraction of sp³-hybridized carbons (Fsp3) is 0.100. The number of ether oxygens (including phenoxy) is 1. The maximum Gasteiger partial charge on any atom is 0.340 e. The van der Waals surface area contributed by atoms with Crippen LogP contribution in [0.3, 0.4) is 0 Å². The summed E-state index contributed by atoms with van der Waals surface area (Å²) >= 11 is 0. The summed E-state index contributed by atoms with van der Waals surface area (Å²) in [4.78, 5) is 12.1. The van der Waals surface area contributed by atoms with Gasteiger partial charge in [0.15, 0.2) is 6.61 Å². The molecule has 0 atom stereocenters. The number of rotatable bonds is 5. The Morgan fingerprint density at radius 2 is 1.97 bits per heavy atom. The summed E-state index contributed by atoms with van der Waals surface area (Å²) in [6.07, 6.45) is 0. The van der Waals surface area contributed by atoms with E-state index in [0.717, 1.165) is 17.7 Å². The van der Waals surface area contributed by atoms with Crippen LogP contribution in [0.1, 0.15) is 22.0 Å². The van der Waals surface area contributed by atoms with Gasteiger partial charge in [-0.2, -0.15) is 0 Å². The van der Waals surface area contributed by atoms with Gasteiger partial charge in [0, 0.05) is 11.3 Å². The van der Waals surface area contributed by atoms with Crippen LogP contribution >= 0.6 is 0 Å². The number of hydrogen-bond donors (Lipinski definition) is 1. The van der Waals surface area contributed by atoms with Gasteiger partial charge in [-0.25, -0.2) is 9.18 Å². The molecule has 0 aliphatic carbocycles. The van der Waals surface area contributed by atoms with Crippen molar-refractivity contribution in [2.75, 3.05) is 5.73 Å². The van der Waals surface area contributed by atoms with Crippen molar-refractivity contribution in [1.29, 1.82) is 0 Å². The molecule has 0 radical (unpaired) electrons. The number of halogens is 1. The van der Waals surface area contributed by atoms with Crippen molar-refractivity contribution >= 4 is 11.7 Å². The van der Waals surface area contributed by atoms with Gasteiger partial charge in [-0.1, -0.05) is 35.5 Å². The number of carbonyl (C=O) groups is 1. The minimum absolute atomic E-state index is 0.0196. The molecule has 0 fully saturated rings. The number of esters is 1. The van der Waals surface area contributed by atoms with E-state index in [9.17, 15) is 9.18 Å². The predicted octanol–water partition coefficient (Wildman–Crippen LogP) is 3.78. The normalized spacial score (nSPS) is 10.8. The van der Waals surface area contributed by atoms with Crippen molar-refractivity contribution in [3.05, 3.63) is 71.6 Å². The molecule has 29 heavy (non-hydrogen) atoms. The molecule has 0 aliphatic rings. The molecule has 2 N–H and O–H groups in total. The molecule has 2 aromatic heterocycles. The van der Waals surface area contributed by atoms with Gasteiger partial charge < -0.3 is 19.4 Å². The molecule has 0 bridgehead atoms. The van der Waals surface area contributed by atoms with Gasteiger partial charge in [0.1, 0.15) is 22.8 Å². The van der Waals surface area contributed by atoms with Crippen molar-refractivity contribution in [2.45, 2.75) is 13.5 Å². The molecular weight excluding hydrogens is 379 g/mol. The van der Waals surface area contributed by atoms with Gasteiger partial charge in [0.25, 0.3) is 11.8 Å². The molecule has 0 saturated carbocycles. The second-order valence-electron chi connectivity index (χ2n) is 6.14. The number of nitrogens with zero attached hydrogens (tertiary/aromatic N) is 3. The zero-order valence-electron chi connectivity index (χ0n) is 15.3. The molecule has 146 valence electrons. The van der Waals surface area contributed by atoms with Crippen LogP contribution in [0.4, 0.5) is 10.1 Å². The van der Waals surface area contributed by atoms with Crippen LogP contribution in [0.2, 0.25) is 0 Å². The molecular formula is C20H15FN4O4. The van der Waals surface area contributed by atoms with Crippen molar-refractivity contribution in [1.82, 2.24) is 15.4 Å². The summed E-state index contributed by atoms with van der Waals surface area (Å²) in [6.45, 7) is 1.46. The number of benzene rings is 2. The summed E-state index contributed by atoms with van der Waals surface area (Å²) in [5.74, 6) is -0.494. The highest BCUT2D eigenvalue weighted by molar-refractivity contribution is 5.94. The highest BCUT2D eigenvalue weighted by Gasteiger charge is 2.22. The average molecular weight is 394 g/mol. The van der Waals surface area contributed by atoms with Crippen LogP contribution in [-0.2, 0) is 11.3 Å². The Morgan fingerprint density at radius 3 is 2.72 bits per heavy atom. The summed E-state index contributed by atoms with van der Waals surface area (Å²) in [5.41, 5.74) is 7.62. The fourth-order valence-corrected chi connectivity index (χ4v) is 2.75. The quantitative estimate of drug-likeness (QED) is 0.401. The molecule has 2 heterocycles. The van der Waals surface area contributed by atoms with E-state index in [0.29, 0.717) is 17.0 Å². The number of carbonyl (C=O) groups excluding carboxylic acids is 1. The van der Waals surface area contributed by atoms with E-state index < -0.39 is 11.8 Å². The van der Waals surface area contributed by atoms with Crippen molar-refractivity contribution in [3.8, 4) is 22.7 Å². The number of anilines is 1. The largest absolute Gasteiger partial charge is 0.452 e. The monoisotopic (exact) mass is 394 g/mol. The van der Waals surface area contributed by atoms with Gasteiger partial charge in [0.2, 0.25) is 0 Å². The molecule has 2 aromatic carbocycles. The molecule has 0 aliphatic heterocycles. The topological polar surface area (TPSA) is 117 Å². The molecule has 8 nitrogen and oxygen atoms in total. The third-order valence-electron chi connectivity index (χ3n) is 4.15. The first-order chi connectivity index (χ1) is 14.0. The van der Waals surface area contributed by atoms with Crippen LogP contribution in [0.5, 0.6) is 0 Å². The zero-order valence-corrected chi connectivity index (χ0v) is 15.3. The maximum absolute atomic E-state index is 13.1. The van der Waals surface area contributed by atoms with E-state index in [1.54, 1.807) is 6.92 Å². The molecule has 9 heteroatoms. The third-order valence-corrected chi connectivity index (χ3v) is 4.15. The first-order valence-corrected chi connectivity index (χ1v) is 8.59. The molecule has 4 rings (SSSR count). The Kier molecular flexibility index (Phi) is 4.78. The summed E-state index contributed by atoms with van der Waals surface area (Å²) in [5, 5.41) is 12.0. The van der Waals surface area contributed by atoms with Crippen LogP contribution in [0, 0.1) is 12.7 Å². The molecule has 4 aromatic rings.